The first-order chi connectivity index (χ1) is 11.4. The minimum atomic E-state index is -0.581. The first-order valence-electron chi connectivity index (χ1n) is 7.88. The first-order valence-corrected chi connectivity index (χ1v) is 8.69. The van der Waals surface area contributed by atoms with Gasteiger partial charge >= 0.3 is 0 Å². The van der Waals surface area contributed by atoms with E-state index in [0.717, 1.165) is 21.9 Å². The van der Waals surface area contributed by atoms with Crippen molar-refractivity contribution in [2.45, 2.75) is 46.3 Å². The summed E-state index contributed by atoms with van der Waals surface area (Å²) in [7, 11) is 0. The Bertz CT molecular complexity index is 695. The smallest absolute Gasteiger partial charge is 0.261 e. The highest BCUT2D eigenvalue weighted by atomic mass is 32.1. The van der Waals surface area contributed by atoms with E-state index in [4.69, 9.17) is 4.74 Å². The number of hydrogen-bond acceptors (Lipinski definition) is 5. The molecule has 0 radical (unpaired) electrons. The Kier molecular flexibility index (Phi) is 6.49. The van der Waals surface area contributed by atoms with Crippen molar-refractivity contribution in [3.05, 3.63) is 45.9 Å². The summed E-state index contributed by atoms with van der Waals surface area (Å²) >= 11 is 1.56. The monoisotopic (exact) mass is 346 g/mol. The Morgan fingerprint density at radius 3 is 2.58 bits per heavy atom. The van der Waals surface area contributed by atoms with E-state index in [2.05, 4.69) is 10.3 Å². The molecule has 1 N–H and O–H groups in total. The van der Waals surface area contributed by atoms with Gasteiger partial charge in [-0.25, -0.2) is 4.98 Å². The predicted molar refractivity (Wildman–Crippen MR) is 94.2 cm³/mol. The number of ether oxygens (including phenoxy) is 1. The Morgan fingerprint density at radius 1 is 1.29 bits per heavy atom. The predicted octanol–water partition coefficient (Wildman–Crippen LogP) is 3.06. The number of nitrogens with one attached hydrogen (secondary N) is 1. The highest BCUT2D eigenvalue weighted by Gasteiger charge is 2.14. The van der Waals surface area contributed by atoms with E-state index in [0.29, 0.717) is 18.7 Å². The molecule has 0 aliphatic heterocycles. The van der Waals surface area contributed by atoms with Gasteiger partial charge < -0.3 is 14.8 Å². The summed E-state index contributed by atoms with van der Waals surface area (Å²) in [6.45, 7) is 5.70. The molecular weight excluding hydrogens is 324 g/mol. The fourth-order valence-electron chi connectivity index (χ4n) is 2.12. The average Bonchev–Trinajstić information content (AvgIpc) is 2.97. The third-order valence-corrected chi connectivity index (χ3v) is 4.39. The Hall–Kier alpha value is -2.21. The van der Waals surface area contributed by atoms with E-state index >= 15 is 0 Å². The minimum absolute atomic E-state index is 0.165. The number of ketones is 1. The molecule has 5 nitrogen and oxygen atoms in total. The number of aryl methyl sites for hydroxylation is 2. The maximum absolute atomic E-state index is 12.1. The van der Waals surface area contributed by atoms with Crippen LogP contribution in [0.1, 0.15) is 35.7 Å². The molecule has 0 spiro atoms. The van der Waals surface area contributed by atoms with E-state index in [1.165, 1.54) is 0 Å². The maximum atomic E-state index is 12.1. The summed E-state index contributed by atoms with van der Waals surface area (Å²) in [5, 5.41) is 3.83. The van der Waals surface area contributed by atoms with Gasteiger partial charge in [-0.15, -0.1) is 11.3 Å². The topological polar surface area (TPSA) is 68.3 Å². The molecule has 1 aromatic heterocycles. The van der Waals surface area contributed by atoms with Crippen LogP contribution in [0.4, 0.5) is 0 Å². The molecule has 2 rings (SSSR count). The van der Waals surface area contributed by atoms with Crippen LogP contribution in [-0.4, -0.2) is 22.8 Å². The van der Waals surface area contributed by atoms with Crippen molar-refractivity contribution in [1.29, 1.82) is 0 Å². The van der Waals surface area contributed by atoms with Crippen molar-refractivity contribution in [3.63, 3.8) is 0 Å². The zero-order valence-corrected chi connectivity index (χ0v) is 15.0. The van der Waals surface area contributed by atoms with Gasteiger partial charge in [0, 0.05) is 17.5 Å². The van der Waals surface area contributed by atoms with Crippen molar-refractivity contribution < 1.29 is 14.3 Å². The summed E-state index contributed by atoms with van der Waals surface area (Å²) in [5.74, 6) is 0.649. The van der Waals surface area contributed by atoms with Crippen LogP contribution in [0.25, 0.3) is 0 Å². The lowest BCUT2D eigenvalue weighted by atomic mass is 10.1. The number of hydrogen-bond donors (Lipinski definition) is 1. The van der Waals surface area contributed by atoms with Gasteiger partial charge in [0.2, 0.25) is 0 Å². The van der Waals surface area contributed by atoms with Crippen LogP contribution in [0.15, 0.2) is 30.5 Å². The first kappa shape index (κ1) is 18.1. The van der Waals surface area contributed by atoms with Crippen molar-refractivity contribution >= 4 is 23.0 Å². The summed E-state index contributed by atoms with van der Waals surface area (Å²) in [6.07, 6.45) is 2.45. The lowest BCUT2D eigenvalue weighted by Gasteiger charge is -2.14. The zero-order valence-electron chi connectivity index (χ0n) is 14.2. The molecule has 0 saturated heterocycles. The quantitative estimate of drug-likeness (QED) is 0.798. The maximum Gasteiger partial charge on any atom is 0.261 e. The van der Waals surface area contributed by atoms with Crippen molar-refractivity contribution in [1.82, 2.24) is 10.3 Å². The third kappa shape index (κ3) is 5.77. The Morgan fingerprint density at radius 2 is 2.00 bits per heavy atom. The lowest BCUT2D eigenvalue weighted by Crippen LogP contribution is -2.35. The van der Waals surface area contributed by atoms with Crippen LogP contribution in [0.2, 0.25) is 0 Å². The molecule has 1 unspecified atom stereocenters. The number of benzene rings is 1. The molecule has 0 aliphatic rings. The number of rotatable bonds is 8. The molecule has 128 valence electrons. The second-order valence-corrected chi connectivity index (χ2v) is 6.99. The molecular formula is C18H22N2O3S. The summed E-state index contributed by atoms with van der Waals surface area (Å²) in [6, 6.07) is 7.49. The number of aromatic nitrogens is 1. The van der Waals surface area contributed by atoms with E-state index in [1.54, 1.807) is 31.4 Å². The van der Waals surface area contributed by atoms with Gasteiger partial charge in [-0.05, 0) is 44.9 Å². The van der Waals surface area contributed by atoms with Gasteiger partial charge in [0.25, 0.3) is 5.91 Å². The highest BCUT2D eigenvalue weighted by Crippen LogP contribution is 2.15. The minimum Gasteiger partial charge on any atom is -0.481 e. The molecule has 24 heavy (non-hydrogen) atoms. The third-order valence-electron chi connectivity index (χ3n) is 3.48. The SMILES string of the molecule is CC(=O)CCc1ccc(OC(C)C(=O)NCc2cnc(C)s2)cc1. The van der Waals surface area contributed by atoms with Crippen molar-refractivity contribution in [2.24, 2.45) is 0 Å². The largest absolute Gasteiger partial charge is 0.481 e. The number of thiazole rings is 1. The summed E-state index contributed by atoms with van der Waals surface area (Å²) < 4.78 is 5.66. The molecule has 1 atom stereocenters. The number of amides is 1. The van der Waals surface area contributed by atoms with E-state index < -0.39 is 6.10 Å². The van der Waals surface area contributed by atoms with E-state index in [9.17, 15) is 9.59 Å². The van der Waals surface area contributed by atoms with Gasteiger partial charge in [0.1, 0.15) is 11.5 Å². The lowest BCUT2D eigenvalue weighted by molar-refractivity contribution is -0.127. The van der Waals surface area contributed by atoms with Crippen molar-refractivity contribution in [2.75, 3.05) is 0 Å². The van der Waals surface area contributed by atoms with Crippen LogP contribution in [0, 0.1) is 6.92 Å². The van der Waals surface area contributed by atoms with Gasteiger partial charge in [0.05, 0.1) is 11.6 Å². The fourth-order valence-corrected chi connectivity index (χ4v) is 2.85. The molecule has 0 saturated carbocycles. The van der Waals surface area contributed by atoms with Crippen LogP contribution in [-0.2, 0) is 22.6 Å². The fraction of sp³-hybridized carbons (Fsp3) is 0.389. The number of nitrogens with zero attached hydrogens (tertiary/aromatic N) is 1. The van der Waals surface area contributed by atoms with Crippen LogP contribution >= 0.6 is 11.3 Å². The molecule has 2 aromatic rings. The van der Waals surface area contributed by atoms with Crippen LogP contribution < -0.4 is 10.1 Å². The molecule has 0 fully saturated rings. The number of Topliss-reactive ketones (excluding diaryl/α,β-unsaturated/α-hetero) is 1. The zero-order chi connectivity index (χ0) is 17.5. The van der Waals surface area contributed by atoms with E-state index in [-0.39, 0.29) is 11.7 Å². The second kappa shape index (κ2) is 8.59. The van der Waals surface area contributed by atoms with Crippen LogP contribution in [0.5, 0.6) is 5.75 Å². The molecule has 1 aromatic carbocycles. The molecule has 0 aliphatic carbocycles. The number of carbonyl (C=O) groups is 2. The Labute approximate surface area is 146 Å². The average molecular weight is 346 g/mol. The summed E-state index contributed by atoms with van der Waals surface area (Å²) in [4.78, 5) is 28.3. The summed E-state index contributed by atoms with van der Waals surface area (Å²) in [5.41, 5.74) is 1.08. The van der Waals surface area contributed by atoms with Crippen molar-refractivity contribution in [3.8, 4) is 5.75 Å². The molecule has 1 amide bonds. The molecule has 6 heteroatoms. The Balaban J connectivity index is 1.81. The van der Waals surface area contributed by atoms with Gasteiger partial charge in [-0.3, -0.25) is 4.79 Å². The highest BCUT2D eigenvalue weighted by molar-refractivity contribution is 7.11. The number of carbonyl (C=O) groups excluding carboxylic acids is 2. The molecule has 1 heterocycles. The normalized spacial score (nSPS) is 11.8. The van der Waals surface area contributed by atoms with Crippen LogP contribution in [0.3, 0.4) is 0 Å². The van der Waals surface area contributed by atoms with Gasteiger partial charge in [-0.2, -0.15) is 0 Å². The second-order valence-electron chi connectivity index (χ2n) is 5.67. The van der Waals surface area contributed by atoms with E-state index in [1.807, 2.05) is 31.2 Å². The van der Waals surface area contributed by atoms with Gasteiger partial charge in [0.15, 0.2) is 6.10 Å². The standard InChI is InChI=1S/C18H22N2O3S/c1-12(21)4-5-15-6-8-16(9-7-15)23-13(2)18(22)20-11-17-10-19-14(3)24-17/h6-10,13H,4-5,11H2,1-3H3,(H,20,22). The van der Waals surface area contributed by atoms with Gasteiger partial charge in [-0.1, -0.05) is 12.1 Å². The molecule has 0 bridgehead atoms.